The molecule has 0 radical (unpaired) electrons. The summed E-state index contributed by atoms with van der Waals surface area (Å²) in [5.41, 5.74) is 3.60. The number of piperidine rings is 1. The van der Waals surface area contributed by atoms with Crippen molar-refractivity contribution in [3.8, 4) is 5.75 Å². The molecule has 0 bridgehead atoms. The van der Waals surface area contributed by atoms with E-state index in [1.54, 1.807) is 7.11 Å². The molecule has 130 valence electrons. The highest BCUT2D eigenvalue weighted by Gasteiger charge is 2.45. The molecule has 1 heterocycles. The van der Waals surface area contributed by atoms with Gasteiger partial charge in [-0.3, -0.25) is 9.69 Å². The Hall–Kier alpha value is -2.13. The zero-order valence-corrected chi connectivity index (χ0v) is 14.8. The third-order valence-electron chi connectivity index (χ3n) is 5.95. The molecule has 3 nitrogen and oxygen atoms in total. The van der Waals surface area contributed by atoms with Crippen LogP contribution in [0, 0.1) is 0 Å². The van der Waals surface area contributed by atoms with Crippen LogP contribution >= 0.6 is 0 Å². The van der Waals surface area contributed by atoms with Crippen molar-refractivity contribution in [3.63, 3.8) is 0 Å². The molecule has 0 amide bonds. The second-order valence-electron chi connectivity index (χ2n) is 7.29. The minimum absolute atomic E-state index is 0.296. The molecule has 1 aliphatic heterocycles. The highest BCUT2D eigenvalue weighted by atomic mass is 16.5. The lowest BCUT2D eigenvalue weighted by atomic mass is 9.64. The van der Waals surface area contributed by atoms with E-state index in [0.717, 1.165) is 44.6 Å². The van der Waals surface area contributed by atoms with Gasteiger partial charge < -0.3 is 4.74 Å². The smallest absolute Gasteiger partial charge is 0.143 e. The van der Waals surface area contributed by atoms with E-state index >= 15 is 0 Å². The molecule has 4 rings (SSSR count). The summed E-state index contributed by atoms with van der Waals surface area (Å²) in [6.07, 6.45) is 3.38. The van der Waals surface area contributed by atoms with Crippen molar-refractivity contribution in [2.75, 3.05) is 20.2 Å². The van der Waals surface area contributed by atoms with E-state index in [9.17, 15) is 4.79 Å². The van der Waals surface area contributed by atoms with Crippen molar-refractivity contribution in [2.45, 2.75) is 37.6 Å². The molecule has 25 heavy (non-hydrogen) atoms. The van der Waals surface area contributed by atoms with Crippen LogP contribution < -0.4 is 4.74 Å². The standard InChI is InChI=1S/C22H25NO2/c1-25-19-9-7-18-8-10-21(24)22(20(18)15-19)11-13-23(14-12-22)16-17-5-3-2-4-6-17/h2-7,9,15H,8,10-14,16H2,1H3. The second kappa shape index (κ2) is 6.64. The summed E-state index contributed by atoms with van der Waals surface area (Å²) in [5, 5.41) is 0. The molecule has 2 aliphatic rings. The Morgan fingerprint density at radius 2 is 1.80 bits per heavy atom. The number of carbonyl (C=O) groups excluding carboxylic acids is 1. The lowest BCUT2D eigenvalue weighted by Crippen LogP contribution is -2.49. The van der Waals surface area contributed by atoms with Crippen LogP contribution in [-0.2, 0) is 23.2 Å². The second-order valence-corrected chi connectivity index (χ2v) is 7.29. The minimum atomic E-state index is -0.296. The van der Waals surface area contributed by atoms with Crippen LogP contribution in [0.4, 0.5) is 0 Å². The van der Waals surface area contributed by atoms with Gasteiger partial charge in [-0.2, -0.15) is 0 Å². The number of likely N-dealkylation sites (tertiary alicyclic amines) is 1. The molecule has 0 unspecified atom stereocenters. The van der Waals surface area contributed by atoms with Gasteiger partial charge in [-0.05, 0) is 61.2 Å². The van der Waals surface area contributed by atoms with Gasteiger partial charge in [-0.1, -0.05) is 36.4 Å². The third-order valence-corrected chi connectivity index (χ3v) is 5.95. The van der Waals surface area contributed by atoms with Crippen molar-refractivity contribution in [1.29, 1.82) is 0 Å². The van der Waals surface area contributed by atoms with E-state index in [1.165, 1.54) is 16.7 Å². The first kappa shape index (κ1) is 16.3. The van der Waals surface area contributed by atoms with Crippen LogP contribution in [0.15, 0.2) is 48.5 Å². The zero-order valence-electron chi connectivity index (χ0n) is 14.8. The van der Waals surface area contributed by atoms with E-state index < -0.39 is 0 Å². The highest BCUT2D eigenvalue weighted by molar-refractivity contribution is 5.92. The summed E-state index contributed by atoms with van der Waals surface area (Å²) in [5.74, 6) is 1.28. The van der Waals surface area contributed by atoms with Gasteiger partial charge >= 0.3 is 0 Å². The summed E-state index contributed by atoms with van der Waals surface area (Å²) < 4.78 is 5.43. The Balaban J connectivity index is 1.56. The van der Waals surface area contributed by atoms with Gasteiger partial charge in [0.15, 0.2) is 0 Å². The predicted molar refractivity (Wildman–Crippen MR) is 99.0 cm³/mol. The van der Waals surface area contributed by atoms with Gasteiger partial charge in [0, 0.05) is 13.0 Å². The number of Topliss-reactive ketones (excluding diaryl/α,β-unsaturated/α-hetero) is 1. The molecule has 2 aromatic rings. The largest absolute Gasteiger partial charge is 0.497 e. The molecule has 2 aromatic carbocycles. The molecule has 0 atom stereocenters. The number of benzene rings is 2. The first-order valence-electron chi connectivity index (χ1n) is 9.18. The van der Waals surface area contributed by atoms with Gasteiger partial charge in [0.2, 0.25) is 0 Å². The normalized spacial score (nSPS) is 19.6. The number of fused-ring (bicyclic) bond motifs is 2. The van der Waals surface area contributed by atoms with E-state index in [4.69, 9.17) is 4.74 Å². The van der Waals surface area contributed by atoms with Crippen LogP contribution in [0.1, 0.15) is 36.0 Å². The van der Waals surface area contributed by atoms with Crippen molar-refractivity contribution < 1.29 is 9.53 Å². The van der Waals surface area contributed by atoms with Gasteiger partial charge in [-0.25, -0.2) is 0 Å². The third kappa shape index (κ3) is 2.98. The average molecular weight is 335 g/mol. The number of carbonyl (C=O) groups is 1. The lowest BCUT2D eigenvalue weighted by molar-refractivity contribution is -0.127. The summed E-state index contributed by atoms with van der Waals surface area (Å²) in [6, 6.07) is 16.9. The summed E-state index contributed by atoms with van der Waals surface area (Å²) in [6.45, 7) is 2.91. The van der Waals surface area contributed by atoms with Gasteiger partial charge in [0.25, 0.3) is 0 Å². The molecule has 3 heteroatoms. The van der Waals surface area contributed by atoms with Crippen LogP contribution in [0.5, 0.6) is 5.75 Å². The Bertz CT molecular complexity index is 761. The van der Waals surface area contributed by atoms with E-state index in [-0.39, 0.29) is 5.41 Å². The Labute approximate surface area is 149 Å². The number of ether oxygens (including phenoxy) is 1. The van der Waals surface area contributed by atoms with Gasteiger partial charge in [0.1, 0.15) is 11.5 Å². The molecule has 1 fully saturated rings. The average Bonchev–Trinajstić information content (AvgIpc) is 2.67. The first-order chi connectivity index (χ1) is 12.2. The number of ketones is 1. The van der Waals surface area contributed by atoms with Crippen LogP contribution in [0.3, 0.4) is 0 Å². The van der Waals surface area contributed by atoms with Crippen molar-refractivity contribution in [1.82, 2.24) is 4.90 Å². The Morgan fingerprint density at radius 3 is 2.52 bits per heavy atom. The molecule has 1 spiro atoms. The molecular weight excluding hydrogens is 310 g/mol. The number of hydrogen-bond acceptors (Lipinski definition) is 3. The molecule has 1 saturated heterocycles. The summed E-state index contributed by atoms with van der Waals surface area (Å²) >= 11 is 0. The van der Waals surface area contributed by atoms with E-state index in [1.807, 2.05) is 6.07 Å². The number of methoxy groups -OCH3 is 1. The van der Waals surface area contributed by atoms with Gasteiger partial charge in [-0.15, -0.1) is 0 Å². The summed E-state index contributed by atoms with van der Waals surface area (Å²) in [7, 11) is 1.70. The maximum atomic E-state index is 12.9. The molecular formula is C22H25NO2. The topological polar surface area (TPSA) is 29.5 Å². The fraction of sp³-hybridized carbons (Fsp3) is 0.409. The number of nitrogens with zero attached hydrogens (tertiary/aromatic N) is 1. The zero-order chi connectivity index (χ0) is 17.3. The van der Waals surface area contributed by atoms with Gasteiger partial charge in [0.05, 0.1) is 12.5 Å². The molecule has 0 saturated carbocycles. The fourth-order valence-electron chi connectivity index (χ4n) is 4.47. The quantitative estimate of drug-likeness (QED) is 0.856. The lowest BCUT2D eigenvalue weighted by Gasteiger charge is -2.44. The molecule has 0 aromatic heterocycles. The molecule has 1 aliphatic carbocycles. The van der Waals surface area contributed by atoms with E-state index in [0.29, 0.717) is 12.2 Å². The van der Waals surface area contributed by atoms with Crippen molar-refractivity contribution in [2.24, 2.45) is 0 Å². The SMILES string of the molecule is COc1ccc2c(c1)C1(CCN(Cc3ccccc3)CC1)C(=O)CC2. The van der Waals surface area contributed by atoms with Crippen LogP contribution in [0.25, 0.3) is 0 Å². The number of hydrogen-bond donors (Lipinski definition) is 0. The highest BCUT2D eigenvalue weighted by Crippen LogP contribution is 2.44. The number of aryl methyl sites for hydroxylation is 1. The van der Waals surface area contributed by atoms with Crippen molar-refractivity contribution in [3.05, 3.63) is 65.2 Å². The maximum absolute atomic E-state index is 12.9. The van der Waals surface area contributed by atoms with Crippen molar-refractivity contribution >= 4 is 5.78 Å². The van der Waals surface area contributed by atoms with E-state index in [2.05, 4.69) is 47.4 Å². The first-order valence-corrected chi connectivity index (χ1v) is 9.18. The monoisotopic (exact) mass is 335 g/mol. The minimum Gasteiger partial charge on any atom is -0.497 e. The maximum Gasteiger partial charge on any atom is 0.143 e. The number of rotatable bonds is 3. The fourth-order valence-corrected chi connectivity index (χ4v) is 4.47. The Kier molecular flexibility index (Phi) is 4.34. The summed E-state index contributed by atoms with van der Waals surface area (Å²) in [4.78, 5) is 15.4. The Morgan fingerprint density at radius 1 is 1.04 bits per heavy atom. The predicted octanol–water partition coefficient (Wildman–Crippen LogP) is 3.74. The van der Waals surface area contributed by atoms with Crippen LogP contribution in [-0.4, -0.2) is 30.9 Å². The van der Waals surface area contributed by atoms with Crippen LogP contribution in [0.2, 0.25) is 0 Å². The molecule has 0 N–H and O–H groups in total.